The van der Waals surface area contributed by atoms with E-state index in [1.165, 1.54) is 49.2 Å². The minimum atomic E-state index is 0.700. The molecule has 0 saturated heterocycles. The average molecular weight is 735 g/mol. The molecule has 8 aromatic carbocycles. The van der Waals surface area contributed by atoms with Crippen molar-refractivity contribution in [3.05, 3.63) is 198 Å². The smallest absolute Gasteiger partial charge is 0.0561 e. The SMILES string of the molecule is Cc1ccc(-n2c3ccccc3c3ccc(-n4c5ccccc5c5ccc(-c6ccc(N(c7ccc(Cl)cc7)c7ccc(Cl)cc7)cc6)cc54)cc32)cc1. The van der Waals surface area contributed by atoms with Crippen molar-refractivity contribution in [1.29, 1.82) is 0 Å². The van der Waals surface area contributed by atoms with E-state index >= 15 is 0 Å². The molecular weight excluding hydrogens is 701 g/mol. The molecule has 0 saturated carbocycles. The van der Waals surface area contributed by atoms with Gasteiger partial charge in [0.15, 0.2) is 0 Å². The molecule has 10 rings (SSSR count). The summed E-state index contributed by atoms with van der Waals surface area (Å²) >= 11 is 12.6. The highest BCUT2D eigenvalue weighted by molar-refractivity contribution is 6.31. The lowest BCUT2D eigenvalue weighted by molar-refractivity contribution is 1.15. The first kappa shape index (κ1) is 32.4. The number of aryl methyl sites for hydroxylation is 1. The van der Waals surface area contributed by atoms with Crippen molar-refractivity contribution in [2.24, 2.45) is 0 Å². The second-order valence-electron chi connectivity index (χ2n) is 13.8. The molecule has 0 amide bonds. The van der Waals surface area contributed by atoms with Crippen LogP contribution in [0.2, 0.25) is 10.0 Å². The Morgan fingerprint density at radius 2 is 0.796 bits per heavy atom. The van der Waals surface area contributed by atoms with Crippen LogP contribution in [0.25, 0.3) is 66.1 Å². The third kappa shape index (κ3) is 5.44. The van der Waals surface area contributed by atoms with Crippen LogP contribution in [0.1, 0.15) is 5.56 Å². The number of anilines is 3. The molecule has 10 aromatic rings. The van der Waals surface area contributed by atoms with E-state index in [0.717, 1.165) is 39.6 Å². The number of hydrogen-bond acceptors (Lipinski definition) is 1. The van der Waals surface area contributed by atoms with Crippen LogP contribution in [0.5, 0.6) is 0 Å². The van der Waals surface area contributed by atoms with Gasteiger partial charge in [-0.3, -0.25) is 0 Å². The van der Waals surface area contributed by atoms with Gasteiger partial charge in [-0.15, -0.1) is 0 Å². The Morgan fingerprint density at radius 1 is 0.370 bits per heavy atom. The summed E-state index contributed by atoms with van der Waals surface area (Å²) < 4.78 is 4.81. The molecule has 0 bridgehead atoms. The van der Waals surface area contributed by atoms with Gasteiger partial charge in [0.05, 0.1) is 22.1 Å². The largest absolute Gasteiger partial charge is 0.311 e. The van der Waals surface area contributed by atoms with Crippen LogP contribution < -0.4 is 4.90 Å². The van der Waals surface area contributed by atoms with Gasteiger partial charge in [0.2, 0.25) is 0 Å². The summed E-state index contributed by atoms with van der Waals surface area (Å²) in [6.07, 6.45) is 0. The van der Waals surface area contributed by atoms with E-state index < -0.39 is 0 Å². The Morgan fingerprint density at radius 3 is 1.37 bits per heavy atom. The molecule has 0 unspecified atom stereocenters. The van der Waals surface area contributed by atoms with Gasteiger partial charge in [0.1, 0.15) is 0 Å². The van der Waals surface area contributed by atoms with E-state index in [4.69, 9.17) is 23.2 Å². The lowest BCUT2D eigenvalue weighted by atomic mass is 10.0. The Kier molecular flexibility index (Phi) is 7.80. The van der Waals surface area contributed by atoms with Gasteiger partial charge >= 0.3 is 0 Å². The molecule has 0 aliphatic heterocycles. The van der Waals surface area contributed by atoms with Gasteiger partial charge in [0.25, 0.3) is 0 Å². The summed E-state index contributed by atoms with van der Waals surface area (Å²) in [7, 11) is 0. The topological polar surface area (TPSA) is 13.1 Å². The Hall–Kier alpha value is -6.26. The number of fused-ring (bicyclic) bond motifs is 6. The molecule has 0 aliphatic carbocycles. The highest BCUT2D eigenvalue weighted by Crippen LogP contribution is 2.40. The molecule has 0 spiro atoms. The van der Waals surface area contributed by atoms with Gasteiger partial charge < -0.3 is 14.0 Å². The quantitative estimate of drug-likeness (QED) is 0.166. The zero-order valence-corrected chi connectivity index (χ0v) is 30.9. The second-order valence-corrected chi connectivity index (χ2v) is 14.7. The Bertz CT molecular complexity index is 2950. The van der Waals surface area contributed by atoms with Crippen molar-refractivity contribution >= 4 is 83.9 Å². The highest BCUT2D eigenvalue weighted by atomic mass is 35.5. The third-order valence-electron chi connectivity index (χ3n) is 10.5. The fourth-order valence-electron chi connectivity index (χ4n) is 7.93. The maximum atomic E-state index is 6.28. The molecule has 5 heteroatoms. The van der Waals surface area contributed by atoms with Crippen LogP contribution in [0.15, 0.2) is 182 Å². The summed E-state index contributed by atoms with van der Waals surface area (Å²) in [5.41, 5.74) is 13.6. The van der Waals surface area contributed by atoms with Crippen LogP contribution in [-0.2, 0) is 0 Å². The molecule has 54 heavy (non-hydrogen) atoms. The van der Waals surface area contributed by atoms with Crippen molar-refractivity contribution in [2.45, 2.75) is 6.92 Å². The lowest BCUT2D eigenvalue weighted by Gasteiger charge is -2.25. The van der Waals surface area contributed by atoms with Crippen molar-refractivity contribution in [2.75, 3.05) is 4.90 Å². The number of benzene rings is 8. The maximum Gasteiger partial charge on any atom is 0.0561 e. The number of rotatable bonds is 6. The predicted molar refractivity (Wildman–Crippen MR) is 230 cm³/mol. The Balaban J connectivity index is 1.12. The minimum Gasteiger partial charge on any atom is -0.311 e. The summed E-state index contributed by atoms with van der Waals surface area (Å²) in [6.45, 7) is 2.14. The van der Waals surface area contributed by atoms with E-state index in [1.807, 2.05) is 48.5 Å². The fourth-order valence-corrected chi connectivity index (χ4v) is 8.18. The third-order valence-corrected chi connectivity index (χ3v) is 11.0. The second kappa shape index (κ2) is 13.0. The van der Waals surface area contributed by atoms with Crippen LogP contribution in [0.3, 0.4) is 0 Å². The Labute approximate surface area is 323 Å². The number of nitrogens with zero attached hydrogens (tertiary/aromatic N) is 3. The minimum absolute atomic E-state index is 0.700. The molecule has 258 valence electrons. The van der Waals surface area contributed by atoms with E-state index in [2.05, 4.69) is 154 Å². The first-order valence-corrected chi connectivity index (χ1v) is 18.8. The predicted octanol–water partition coefficient (Wildman–Crippen LogP) is 14.6. The number of aromatic nitrogens is 2. The summed E-state index contributed by atoms with van der Waals surface area (Å²) in [5, 5.41) is 6.34. The van der Waals surface area contributed by atoms with E-state index in [0.29, 0.717) is 10.0 Å². The molecular formula is C49H33Cl2N3. The summed E-state index contributed by atoms with van der Waals surface area (Å²) in [5.74, 6) is 0. The first-order chi connectivity index (χ1) is 26.5. The average Bonchev–Trinajstić information content (AvgIpc) is 3.72. The molecule has 2 aromatic heterocycles. The van der Waals surface area contributed by atoms with Crippen molar-refractivity contribution < 1.29 is 0 Å². The number of halogens is 2. The normalized spacial score (nSPS) is 11.6. The monoisotopic (exact) mass is 733 g/mol. The molecule has 0 radical (unpaired) electrons. The van der Waals surface area contributed by atoms with Gasteiger partial charge in [-0.2, -0.15) is 0 Å². The molecule has 3 nitrogen and oxygen atoms in total. The van der Waals surface area contributed by atoms with Crippen molar-refractivity contribution in [1.82, 2.24) is 9.13 Å². The van der Waals surface area contributed by atoms with E-state index in [1.54, 1.807) is 0 Å². The number of hydrogen-bond donors (Lipinski definition) is 0. The molecule has 0 fully saturated rings. The molecule has 0 aliphatic rings. The van der Waals surface area contributed by atoms with Gasteiger partial charge in [-0.05, 0) is 121 Å². The lowest BCUT2D eigenvalue weighted by Crippen LogP contribution is -2.09. The van der Waals surface area contributed by atoms with Crippen molar-refractivity contribution in [3.8, 4) is 22.5 Å². The van der Waals surface area contributed by atoms with Crippen LogP contribution in [0, 0.1) is 6.92 Å². The van der Waals surface area contributed by atoms with Gasteiger partial charge in [-0.25, -0.2) is 0 Å². The van der Waals surface area contributed by atoms with Crippen LogP contribution in [-0.4, -0.2) is 9.13 Å². The van der Waals surface area contributed by atoms with Crippen molar-refractivity contribution in [3.63, 3.8) is 0 Å². The molecule has 0 N–H and O–H groups in total. The van der Waals surface area contributed by atoms with Gasteiger partial charge in [0, 0.05) is 60.0 Å². The van der Waals surface area contributed by atoms with E-state index in [9.17, 15) is 0 Å². The number of para-hydroxylation sites is 2. The molecule has 0 atom stereocenters. The molecule has 2 heterocycles. The zero-order valence-electron chi connectivity index (χ0n) is 29.4. The standard InChI is InChI=1S/C49H33Cl2N3/c1-32-10-19-40(20-11-32)53-46-8-4-2-7-43(46)45-29-27-41(31-49(45)53)54-47-9-5-3-6-42(47)44-28-14-34(30-48(44)54)33-12-21-37(22-13-33)52(38-23-15-35(50)16-24-38)39-25-17-36(51)18-26-39/h2-31H,1H3. The van der Waals surface area contributed by atoms with Crippen LogP contribution in [0.4, 0.5) is 17.1 Å². The zero-order chi connectivity index (χ0) is 36.3. The first-order valence-electron chi connectivity index (χ1n) is 18.1. The maximum absolute atomic E-state index is 6.28. The van der Waals surface area contributed by atoms with E-state index in [-0.39, 0.29) is 0 Å². The summed E-state index contributed by atoms with van der Waals surface area (Å²) in [6, 6.07) is 64.6. The highest BCUT2D eigenvalue weighted by Gasteiger charge is 2.18. The van der Waals surface area contributed by atoms with Crippen LogP contribution >= 0.6 is 23.2 Å². The van der Waals surface area contributed by atoms with Gasteiger partial charge in [-0.1, -0.05) is 108 Å². The fraction of sp³-hybridized carbons (Fsp3) is 0.0204. The summed E-state index contributed by atoms with van der Waals surface area (Å²) in [4.78, 5) is 2.21.